The third kappa shape index (κ3) is 1.57. The number of nitroso groups, excluding NO2 is 1. The lowest BCUT2D eigenvalue weighted by Crippen LogP contribution is -1.74. The van der Waals surface area contributed by atoms with Crippen LogP contribution in [0.5, 0.6) is 0 Å². The maximum absolute atomic E-state index is 10.1. The van der Waals surface area contributed by atoms with Crippen LogP contribution in [0.3, 0.4) is 0 Å². The number of nitrogens with zero attached hydrogens (tertiary/aromatic N) is 1. The quantitative estimate of drug-likeness (QED) is 0.465. The summed E-state index contributed by atoms with van der Waals surface area (Å²) >= 11 is 5.59. The standard InChI is InChI=1S/C8H4ClNO/c1-2-6-3-4-7(9)5-8(6)10-11/h1,3-5H. The van der Waals surface area contributed by atoms with Crippen LogP contribution in [-0.4, -0.2) is 0 Å². The molecule has 0 atom stereocenters. The van der Waals surface area contributed by atoms with Crippen LogP contribution in [0.1, 0.15) is 5.56 Å². The number of rotatable bonds is 1. The Labute approximate surface area is 69.2 Å². The third-order valence-corrected chi connectivity index (χ3v) is 1.45. The van der Waals surface area contributed by atoms with Crippen LogP contribution < -0.4 is 0 Å². The van der Waals surface area contributed by atoms with Crippen molar-refractivity contribution in [3.63, 3.8) is 0 Å². The monoisotopic (exact) mass is 165 g/mol. The SMILES string of the molecule is C#Cc1ccc(Cl)cc1N=O. The van der Waals surface area contributed by atoms with Gasteiger partial charge in [0.1, 0.15) is 5.69 Å². The van der Waals surface area contributed by atoms with E-state index in [1.807, 2.05) is 0 Å². The van der Waals surface area contributed by atoms with Crippen molar-refractivity contribution in [2.24, 2.45) is 5.18 Å². The van der Waals surface area contributed by atoms with Gasteiger partial charge in [0.25, 0.3) is 0 Å². The van der Waals surface area contributed by atoms with E-state index in [1.165, 1.54) is 6.07 Å². The summed E-state index contributed by atoms with van der Waals surface area (Å²) in [6.07, 6.45) is 5.08. The first kappa shape index (κ1) is 7.77. The van der Waals surface area contributed by atoms with Crippen molar-refractivity contribution in [2.45, 2.75) is 0 Å². The average Bonchev–Trinajstić information content (AvgIpc) is 2.04. The van der Waals surface area contributed by atoms with Crippen molar-refractivity contribution in [1.29, 1.82) is 0 Å². The lowest BCUT2D eigenvalue weighted by Gasteiger charge is -1.93. The molecule has 2 nitrogen and oxygen atoms in total. The molecule has 1 aromatic carbocycles. The molecule has 0 bridgehead atoms. The molecule has 0 aromatic heterocycles. The molecule has 0 aliphatic rings. The number of hydrogen-bond donors (Lipinski definition) is 0. The Kier molecular flexibility index (Phi) is 2.25. The van der Waals surface area contributed by atoms with Gasteiger partial charge < -0.3 is 0 Å². The molecule has 11 heavy (non-hydrogen) atoms. The van der Waals surface area contributed by atoms with E-state index in [9.17, 15) is 4.91 Å². The van der Waals surface area contributed by atoms with Crippen molar-refractivity contribution < 1.29 is 0 Å². The summed E-state index contributed by atoms with van der Waals surface area (Å²) in [5, 5.41) is 3.18. The summed E-state index contributed by atoms with van der Waals surface area (Å²) in [7, 11) is 0. The minimum Gasteiger partial charge on any atom is -0.145 e. The molecule has 0 amide bonds. The number of benzene rings is 1. The zero-order chi connectivity index (χ0) is 8.27. The molecule has 0 radical (unpaired) electrons. The smallest absolute Gasteiger partial charge is 0.125 e. The molecular formula is C8H4ClNO. The van der Waals surface area contributed by atoms with Crippen LogP contribution in [0, 0.1) is 17.3 Å². The minimum absolute atomic E-state index is 0.208. The van der Waals surface area contributed by atoms with Crippen molar-refractivity contribution in [1.82, 2.24) is 0 Å². The zero-order valence-corrected chi connectivity index (χ0v) is 6.30. The van der Waals surface area contributed by atoms with Crippen molar-refractivity contribution >= 4 is 17.3 Å². The molecule has 0 aliphatic heterocycles. The van der Waals surface area contributed by atoms with Crippen molar-refractivity contribution in [3.05, 3.63) is 33.7 Å². The highest BCUT2D eigenvalue weighted by molar-refractivity contribution is 6.30. The zero-order valence-electron chi connectivity index (χ0n) is 5.54. The van der Waals surface area contributed by atoms with Gasteiger partial charge in [-0.2, -0.15) is 0 Å². The highest BCUT2D eigenvalue weighted by Gasteiger charge is 1.99. The maximum Gasteiger partial charge on any atom is 0.125 e. The summed E-state index contributed by atoms with van der Waals surface area (Å²) in [6, 6.07) is 4.63. The Bertz CT molecular complexity index is 327. The fourth-order valence-corrected chi connectivity index (χ4v) is 0.869. The summed E-state index contributed by atoms with van der Waals surface area (Å²) in [5.74, 6) is 2.32. The Morgan fingerprint density at radius 1 is 1.55 bits per heavy atom. The lowest BCUT2D eigenvalue weighted by molar-refractivity contribution is 1.47. The van der Waals surface area contributed by atoms with Gasteiger partial charge in [-0.25, -0.2) is 0 Å². The second kappa shape index (κ2) is 3.18. The molecule has 0 saturated heterocycles. The van der Waals surface area contributed by atoms with E-state index in [4.69, 9.17) is 18.0 Å². The van der Waals surface area contributed by atoms with E-state index >= 15 is 0 Å². The van der Waals surface area contributed by atoms with E-state index in [1.54, 1.807) is 12.1 Å². The topological polar surface area (TPSA) is 29.4 Å². The first-order valence-corrected chi connectivity index (χ1v) is 3.25. The van der Waals surface area contributed by atoms with E-state index < -0.39 is 0 Å². The molecule has 54 valence electrons. The van der Waals surface area contributed by atoms with E-state index in [-0.39, 0.29) is 5.69 Å². The molecule has 0 heterocycles. The number of hydrogen-bond acceptors (Lipinski definition) is 2. The van der Waals surface area contributed by atoms with Crippen LogP contribution in [0.2, 0.25) is 5.02 Å². The molecule has 0 N–H and O–H groups in total. The Balaban J connectivity index is 3.30. The van der Waals surface area contributed by atoms with Crippen molar-refractivity contribution in [3.8, 4) is 12.3 Å². The molecule has 0 unspecified atom stereocenters. The molecule has 3 heteroatoms. The number of halogens is 1. The van der Waals surface area contributed by atoms with Gasteiger partial charge in [0.05, 0.1) is 5.56 Å². The second-order valence-corrected chi connectivity index (χ2v) is 2.33. The molecule has 0 saturated carbocycles. The Morgan fingerprint density at radius 2 is 2.27 bits per heavy atom. The number of terminal acetylenes is 1. The van der Waals surface area contributed by atoms with E-state index in [0.29, 0.717) is 10.6 Å². The molecular weight excluding hydrogens is 162 g/mol. The molecule has 1 aromatic rings. The average molecular weight is 166 g/mol. The largest absolute Gasteiger partial charge is 0.145 e. The van der Waals surface area contributed by atoms with E-state index in [2.05, 4.69) is 11.1 Å². The van der Waals surface area contributed by atoms with Crippen LogP contribution in [0.15, 0.2) is 23.4 Å². The Morgan fingerprint density at radius 3 is 2.82 bits per heavy atom. The predicted molar refractivity (Wildman–Crippen MR) is 44.8 cm³/mol. The van der Waals surface area contributed by atoms with Crippen LogP contribution >= 0.6 is 11.6 Å². The highest BCUT2D eigenvalue weighted by atomic mass is 35.5. The summed E-state index contributed by atoms with van der Waals surface area (Å²) in [6.45, 7) is 0. The summed E-state index contributed by atoms with van der Waals surface area (Å²) in [5.41, 5.74) is 0.671. The highest BCUT2D eigenvalue weighted by Crippen LogP contribution is 2.22. The third-order valence-electron chi connectivity index (χ3n) is 1.21. The van der Waals surface area contributed by atoms with Gasteiger partial charge in [-0.15, -0.1) is 11.3 Å². The van der Waals surface area contributed by atoms with Gasteiger partial charge in [0.15, 0.2) is 0 Å². The normalized spacial score (nSPS) is 8.73. The first-order chi connectivity index (χ1) is 5.27. The fourth-order valence-electron chi connectivity index (χ4n) is 0.702. The Hall–Kier alpha value is -1.33. The first-order valence-electron chi connectivity index (χ1n) is 2.87. The minimum atomic E-state index is 0.208. The predicted octanol–water partition coefficient (Wildman–Crippen LogP) is 2.72. The fraction of sp³-hybridized carbons (Fsp3) is 0. The van der Waals surface area contributed by atoms with Gasteiger partial charge in [-0.3, -0.25) is 0 Å². The van der Waals surface area contributed by atoms with Gasteiger partial charge >= 0.3 is 0 Å². The summed E-state index contributed by atoms with van der Waals surface area (Å²) in [4.78, 5) is 10.1. The van der Waals surface area contributed by atoms with E-state index in [0.717, 1.165) is 0 Å². The molecule has 0 spiro atoms. The van der Waals surface area contributed by atoms with Crippen LogP contribution in [-0.2, 0) is 0 Å². The lowest BCUT2D eigenvalue weighted by atomic mass is 10.2. The molecule has 0 fully saturated rings. The summed E-state index contributed by atoms with van der Waals surface area (Å²) < 4.78 is 0. The van der Waals surface area contributed by atoms with Gasteiger partial charge in [0.2, 0.25) is 0 Å². The second-order valence-electron chi connectivity index (χ2n) is 1.90. The van der Waals surface area contributed by atoms with Crippen LogP contribution in [0.4, 0.5) is 5.69 Å². The molecule has 1 rings (SSSR count). The molecule has 0 aliphatic carbocycles. The van der Waals surface area contributed by atoms with Crippen LogP contribution in [0.25, 0.3) is 0 Å². The van der Waals surface area contributed by atoms with Gasteiger partial charge in [-0.1, -0.05) is 17.5 Å². The maximum atomic E-state index is 10.1. The van der Waals surface area contributed by atoms with Crippen molar-refractivity contribution in [2.75, 3.05) is 0 Å². The van der Waals surface area contributed by atoms with Gasteiger partial charge in [0, 0.05) is 5.02 Å². The van der Waals surface area contributed by atoms with Gasteiger partial charge in [-0.05, 0) is 23.4 Å².